The van der Waals surface area contributed by atoms with Crippen LogP contribution in [0.4, 0.5) is 0 Å². The van der Waals surface area contributed by atoms with E-state index in [1.807, 2.05) is 0 Å². The minimum absolute atomic E-state index is 0.304. The standard InChI is InChI=1S/C13H22N2/c1-15-9-5-4-8-13(15)12(10-14)11-6-2-3-7-11/h11-13H,2-9H2,1H3. The second kappa shape index (κ2) is 4.99. The molecule has 0 N–H and O–H groups in total. The number of piperidine rings is 1. The first kappa shape index (κ1) is 11.0. The Kier molecular flexibility index (Phi) is 3.64. The molecule has 2 aliphatic rings. The number of rotatable bonds is 2. The zero-order valence-electron chi connectivity index (χ0n) is 9.78. The summed E-state index contributed by atoms with van der Waals surface area (Å²) in [6.07, 6.45) is 9.16. The van der Waals surface area contributed by atoms with Crippen LogP contribution in [0.15, 0.2) is 0 Å². The van der Waals surface area contributed by atoms with E-state index in [0.717, 1.165) is 0 Å². The van der Waals surface area contributed by atoms with Crippen molar-refractivity contribution in [3.05, 3.63) is 0 Å². The lowest BCUT2D eigenvalue weighted by atomic mass is 9.81. The van der Waals surface area contributed by atoms with E-state index in [1.54, 1.807) is 0 Å². The lowest BCUT2D eigenvalue weighted by molar-refractivity contribution is 0.123. The van der Waals surface area contributed by atoms with Crippen molar-refractivity contribution < 1.29 is 0 Å². The Morgan fingerprint density at radius 1 is 1.13 bits per heavy atom. The van der Waals surface area contributed by atoms with Gasteiger partial charge in [-0.15, -0.1) is 0 Å². The van der Waals surface area contributed by atoms with E-state index in [-0.39, 0.29) is 0 Å². The molecule has 0 aromatic rings. The maximum atomic E-state index is 9.38. The number of nitriles is 1. The van der Waals surface area contributed by atoms with Crippen molar-refractivity contribution in [2.24, 2.45) is 11.8 Å². The van der Waals surface area contributed by atoms with Gasteiger partial charge in [-0.1, -0.05) is 19.3 Å². The van der Waals surface area contributed by atoms with Gasteiger partial charge in [0.25, 0.3) is 0 Å². The molecule has 2 nitrogen and oxygen atoms in total. The molecule has 2 rings (SSSR count). The van der Waals surface area contributed by atoms with Gasteiger partial charge in [-0.2, -0.15) is 5.26 Å². The topological polar surface area (TPSA) is 27.0 Å². The summed E-state index contributed by atoms with van der Waals surface area (Å²) in [6, 6.07) is 3.15. The average Bonchev–Trinajstić information content (AvgIpc) is 2.75. The van der Waals surface area contributed by atoms with Crippen LogP contribution >= 0.6 is 0 Å². The molecule has 1 aliphatic heterocycles. The van der Waals surface area contributed by atoms with Crippen LogP contribution in [-0.4, -0.2) is 24.5 Å². The SMILES string of the molecule is CN1CCCCC1C(C#N)C1CCCC1. The highest BCUT2D eigenvalue weighted by molar-refractivity contribution is 4.98. The maximum absolute atomic E-state index is 9.38. The van der Waals surface area contributed by atoms with Gasteiger partial charge in [0.05, 0.1) is 12.0 Å². The molecule has 1 aliphatic carbocycles. The smallest absolute Gasteiger partial charge is 0.0675 e. The van der Waals surface area contributed by atoms with Crippen LogP contribution in [0.25, 0.3) is 0 Å². The van der Waals surface area contributed by atoms with Crippen molar-refractivity contribution in [1.82, 2.24) is 4.90 Å². The van der Waals surface area contributed by atoms with Crippen LogP contribution < -0.4 is 0 Å². The Morgan fingerprint density at radius 3 is 2.40 bits per heavy atom. The minimum atomic E-state index is 0.304. The van der Waals surface area contributed by atoms with Gasteiger partial charge >= 0.3 is 0 Å². The Hall–Kier alpha value is -0.550. The molecule has 1 heterocycles. The molecule has 2 fully saturated rings. The van der Waals surface area contributed by atoms with Crippen LogP contribution in [0.5, 0.6) is 0 Å². The number of likely N-dealkylation sites (tertiary alicyclic amines) is 1. The third-order valence-corrected chi connectivity index (χ3v) is 4.30. The second-order valence-corrected chi connectivity index (χ2v) is 5.24. The molecule has 84 valence electrons. The van der Waals surface area contributed by atoms with Crippen LogP contribution in [0, 0.1) is 23.2 Å². The summed E-state index contributed by atoms with van der Waals surface area (Å²) in [6.45, 7) is 1.19. The van der Waals surface area contributed by atoms with E-state index in [9.17, 15) is 5.26 Å². The van der Waals surface area contributed by atoms with Crippen molar-refractivity contribution in [1.29, 1.82) is 5.26 Å². The molecule has 1 saturated heterocycles. The Bertz CT molecular complexity index is 237. The van der Waals surface area contributed by atoms with E-state index >= 15 is 0 Å². The monoisotopic (exact) mass is 206 g/mol. The summed E-state index contributed by atoms with van der Waals surface area (Å²) in [5, 5.41) is 9.38. The molecule has 2 heteroatoms. The molecular formula is C13H22N2. The molecule has 2 unspecified atom stereocenters. The molecule has 1 saturated carbocycles. The zero-order valence-corrected chi connectivity index (χ0v) is 9.78. The van der Waals surface area contributed by atoms with Gasteiger partial charge < -0.3 is 4.90 Å². The highest BCUT2D eigenvalue weighted by atomic mass is 15.1. The number of hydrogen-bond acceptors (Lipinski definition) is 2. The lowest BCUT2D eigenvalue weighted by Gasteiger charge is -2.37. The van der Waals surface area contributed by atoms with Gasteiger partial charge in [0.2, 0.25) is 0 Å². The molecule has 0 spiro atoms. The number of nitrogens with zero attached hydrogens (tertiary/aromatic N) is 2. The first-order valence-corrected chi connectivity index (χ1v) is 6.43. The van der Waals surface area contributed by atoms with Crippen LogP contribution in [-0.2, 0) is 0 Å². The third-order valence-electron chi connectivity index (χ3n) is 4.30. The quantitative estimate of drug-likeness (QED) is 0.694. The summed E-state index contributed by atoms with van der Waals surface area (Å²) in [5.41, 5.74) is 0. The van der Waals surface area contributed by atoms with Crippen molar-refractivity contribution in [3.63, 3.8) is 0 Å². The van der Waals surface area contributed by atoms with Crippen molar-refractivity contribution in [2.75, 3.05) is 13.6 Å². The third kappa shape index (κ3) is 2.34. The molecular weight excluding hydrogens is 184 g/mol. The summed E-state index contributed by atoms with van der Waals surface area (Å²) in [7, 11) is 2.20. The molecule has 2 atom stereocenters. The lowest BCUT2D eigenvalue weighted by Crippen LogP contribution is -2.43. The van der Waals surface area contributed by atoms with E-state index in [2.05, 4.69) is 18.0 Å². The Balaban J connectivity index is 2.01. The predicted octanol–water partition coefficient (Wildman–Crippen LogP) is 2.80. The van der Waals surface area contributed by atoms with Gasteiger partial charge in [0.1, 0.15) is 0 Å². The number of hydrogen-bond donors (Lipinski definition) is 0. The summed E-state index contributed by atoms with van der Waals surface area (Å²) >= 11 is 0. The maximum Gasteiger partial charge on any atom is 0.0675 e. The van der Waals surface area contributed by atoms with Crippen LogP contribution in [0.3, 0.4) is 0 Å². The fourth-order valence-electron chi connectivity index (χ4n) is 3.38. The largest absolute Gasteiger partial charge is 0.302 e. The summed E-state index contributed by atoms with van der Waals surface area (Å²) in [4.78, 5) is 2.43. The summed E-state index contributed by atoms with van der Waals surface area (Å²) < 4.78 is 0. The highest BCUT2D eigenvalue weighted by Gasteiger charge is 2.34. The van der Waals surface area contributed by atoms with E-state index in [1.165, 1.54) is 51.5 Å². The Morgan fingerprint density at radius 2 is 1.80 bits per heavy atom. The second-order valence-electron chi connectivity index (χ2n) is 5.24. The first-order chi connectivity index (χ1) is 7.33. The van der Waals surface area contributed by atoms with Crippen LogP contribution in [0.2, 0.25) is 0 Å². The van der Waals surface area contributed by atoms with E-state index in [0.29, 0.717) is 17.9 Å². The molecule has 0 aromatic heterocycles. The van der Waals surface area contributed by atoms with Gasteiger partial charge in [0.15, 0.2) is 0 Å². The highest BCUT2D eigenvalue weighted by Crippen LogP contribution is 2.36. The van der Waals surface area contributed by atoms with E-state index < -0.39 is 0 Å². The predicted molar refractivity (Wildman–Crippen MR) is 61.3 cm³/mol. The fourth-order valence-corrected chi connectivity index (χ4v) is 3.38. The first-order valence-electron chi connectivity index (χ1n) is 6.43. The Labute approximate surface area is 93.3 Å². The van der Waals surface area contributed by atoms with Crippen LogP contribution in [0.1, 0.15) is 44.9 Å². The molecule has 0 aromatic carbocycles. The van der Waals surface area contributed by atoms with Gasteiger partial charge in [-0.25, -0.2) is 0 Å². The molecule has 0 amide bonds. The normalized spacial score (nSPS) is 31.3. The van der Waals surface area contributed by atoms with Gasteiger partial charge in [0, 0.05) is 6.04 Å². The minimum Gasteiger partial charge on any atom is -0.302 e. The van der Waals surface area contributed by atoms with Crippen molar-refractivity contribution in [2.45, 2.75) is 51.0 Å². The van der Waals surface area contributed by atoms with Gasteiger partial charge in [-0.05, 0) is 45.2 Å². The molecule has 0 radical (unpaired) electrons. The summed E-state index contributed by atoms with van der Waals surface area (Å²) in [5.74, 6) is 0.998. The molecule has 0 bridgehead atoms. The fraction of sp³-hybridized carbons (Fsp3) is 0.923. The van der Waals surface area contributed by atoms with Crippen molar-refractivity contribution >= 4 is 0 Å². The van der Waals surface area contributed by atoms with Gasteiger partial charge in [-0.3, -0.25) is 0 Å². The molecule has 15 heavy (non-hydrogen) atoms. The van der Waals surface area contributed by atoms with Crippen molar-refractivity contribution in [3.8, 4) is 6.07 Å². The zero-order chi connectivity index (χ0) is 10.7. The average molecular weight is 206 g/mol. The van der Waals surface area contributed by atoms with E-state index in [4.69, 9.17) is 0 Å².